The molecule has 0 aromatic carbocycles. The molecule has 2 heterocycles. The highest BCUT2D eigenvalue weighted by Crippen LogP contribution is 2.27. The lowest BCUT2D eigenvalue weighted by molar-refractivity contribution is 0.314. The van der Waals surface area contributed by atoms with Crippen LogP contribution in [-0.2, 0) is 0 Å². The van der Waals surface area contributed by atoms with E-state index in [9.17, 15) is 0 Å². The molecular formula is C17H29N3O. The van der Waals surface area contributed by atoms with Gasteiger partial charge in [-0.25, -0.2) is 4.98 Å². The van der Waals surface area contributed by atoms with Crippen molar-refractivity contribution < 1.29 is 4.74 Å². The third-order valence-electron chi connectivity index (χ3n) is 3.88. The molecule has 4 nitrogen and oxygen atoms in total. The number of piperidine rings is 1. The first kappa shape index (κ1) is 16.1. The number of nitrogens with one attached hydrogen (secondary N) is 1. The van der Waals surface area contributed by atoms with Crippen LogP contribution < -0.4 is 15.0 Å². The second kappa shape index (κ2) is 8.88. The molecule has 1 saturated heterocycles. The van der Waals surface area contributed by atoms with E-state index in [1.165, 1.54) is 19.4 Å². The summed E-state index contributed by atoms with van der Waals surface area (Å²) in [5.41, 5.74) is 0. The highest BCUT2D eigenvalue weighted by molar-refractivity contribution is 5.52. The van der Waals surface area contributed by atoms with Crippen LogP contribution in [0.25, 0.3) is 0 Å². The van der Waals surface area contributed by atoms with Gasteiger partial charge in [-0.3, -0.25) is 0 Å². The van der Waals surface area contributed by atoms with Gasteiger partial charge in [0.15, 0.2) is 11.6 Å². The van der Waals surface area contributed by atoms with Gasteiger partial charge in [0, 0.05) is 19.3 Å². The summed E-state index contributed by atoms with van der Waals surface area (Å²) in [6, 6.07) is 4.00. The smallest absolute Gasteiger partial charge is 0.171 e. The Hall–Kier alpha value is -1.29. The molecule has 21 heavy (non-hydrogen) atoms. The minimum absolute atomic E-state index is 0.714. The van der Waals surface area contributed by atoms with Crippen molar-refractivity contribution in [2.75, 3.05) is 37.7 Å². The molecule has 0 saturated carbocycles. The number of anilines is 1. The van der Waals surface area contributed by atoms with Gasteiger partial charge in [0.25, 0.3) is 0 Å². The van der Waals surface area contributed by atoms with E-state index in [1.54, 1.807) is 0 Å². The molecule has 1 N–H and O–H groups in total. The quantitative estimate of drug-likeness (QED) is 0.798. The molecule has 1 unspecified atom stereocenters. The highest BCUT2D eigenvalue weighted by Gasteiger charge is 2.20. The predicted octanol–water partition coefficient (Wildman–Crippen LogP) is 3.09. The molecule has 2 rings (SSSR count). The van der Waals surface area contributed by atoms with Crippen molar-refractivity contribution in [2.24, 2.45) is 5.92 Å². The van der Waals surface area contributed by atoms with E-state index < -0.39 is 0 Å². The minimum atomic E-state index is 0.714. The SMILES string of the molecule is CCCOc1cccnc1N(CCC)CC1CCCNC1. The fraction of sp³-hybridized carbons (Fsp3) is 0.706. The highest BCUT2D eigenvalue weighted by atomic mass is 16.5. The monoisotopic (exact) mass is 291 g/mol. The van der Waals surface area contributed by atoms with Crippen LogP contribution in [-0.4, -0.2) is 37.8 Å². The maximum atomic E-state index is 5.88. The van der Waals surface area contributed by atoms with E-state index >= 15 is 0 Å². The van der Waals surface area contributed by atoms with Crippen molar-refractivity contribution in [1.82, 2.24) is 10.3 Å². The van der Waals surface area contributed by atoms with Crippen molar-refractivity contribution in [3.05, 3.63) is 18.3 Å². The Balaban J connectivity index is 2.08. The molecule has 1 aromatic heterocycles. The Morgan fingerprint density at radius 2 is 2.29 bits per heavy atom. The fourth-order valence-electron chi connectivity index (χ4n) is 2.89. The summed E-state index contributed by atoms with van der Waals surface area (Å²) >= 11 is 0. The number of rotatable bonds is 8. The molecule has 0 bridgehead atoms. The van der Waals surface area contributed by atoms with Crippen molar-refractivity contribution in [3.63, 3.8) is 0 Å². The molecule has 1 fully saturated rings. The van der Waals surface area contributed by atoms with Crippen LogP contribution in [0.4, 0.5) is 5.82 Å². The minimum Gasteiger partial charge on any atom is -0.490 e. The molecule has 0 radical (unpaired) electrons. The first-order valence-corrected chi connectivity index (χ1v) is 8.38. The maximum absolute atomic E-state index is 5.88. The lowest BCUT2D eigenvalue weighted by atomic mass is 9.99. The van der Waals surface area contributed by atoms with Gasteiger partial charge in [0.1, 0.15) is 0 Å². The molecule has 1 aliphatic heterocycles. The standard InChI is InChI=1S/C17H29N3O/c1-3-11-20(14-15-7-5-9-18-13-15)17-16(21-12-4-2)8-6-10-19-17/h6,8,10,15,18H,3-5,7,9,11-14H2,1-2H3. The third kappa shape index (κ3) is 4.88. The van der Waals surface area contributed by atoms with Crippen molar-refractivity contribution in [1.29, 1.82) is 0 Å². The lowest BCUT2D eigenvalue weighted by Gasteiger charge is -2.31. The Morgan fingerprint density at radius 3 is 3.00 bits per heavy atom. The third-order valence-corrected chi connectivity index (χ3v) is 3.88. The second-order valence-corrected chi connectivity index (χ2v) is 5.83. The van der Waals surface area contributed by atoms with Gasteiger partial charge in [-0.1, -0.05) is 13.8 Å². The molecule has 1 atom stereocenters. The second-order valence-electron chi connectivity index (χ2n) is 5.83. The lowest BCUT2D eigenvalue weighted by Crippen LogP contribution is -2.39. The maximum Gasteiger partial charge on any atom is 0.171 e. The zero-order valence-corrected chi connectivity index (χ0v) is 13.5. The van der Waals surface area contributed by atoms with E-state index in [2.05, 4.69) is 29.0 Å². The first-order valence-electron chi connectivity index (χ1n) is 8.38. The summed E-state index contributed by atoms with van der Waals surface area (Å²) in [7, 11) is 0. The first-order chi connectivity index (χ1) is 10.3. The van der Waals surface area contributed by atoms with Crippen molar-refractivity contribution in [2.45, 2.75) is 39.5 Å². The topological polar surface area (TPSA) is 37.4 Å². The van der Waals surface area contributed by atoms with Crippen molar-refractivity contribution >= 4 is 5.82 Å². The Kier molecular flexibility index (Phi) is 6.80. The zero-order valence-electron chi connectivity index (χ0n) is 13.5. The molecule has 1 aliphatic rings. The summed E-state index contributed by atoms with van der Waals surface area (Å²) < 4.78 is 5.88. The van der Waals surface area contributed by atoms with Crippen LogP contribution in [0.2, 0.25) is 0 Å². The fourth-order valence-corrected chi connectivity index (χ4v) is 2.89. The van der Waals surface area contributed by atoms with Gasteiger partial charge >= 0.3 is 0 Å². The van der Waals surface area contributed by atoms with E-state index in [-0.39, 0.29) is 0 Å². The van der Waals surface area contributed by atoms with Crippen LogP contribution >= 0.6 is 0 Å². The molecule has 118 valence electrons. The number of aromatic nitrogens is 1. The number of hydrogen-bond donors (Lipinski definition) is 1. The number of pyridine rings is 1. The van der Waals surface area contributed by atoms with Gasteiger partial charge in [0.05, 0.1) is 6.61 Å². The normalized spacial score (nSPS) is 18.5. The average Bonchev–Trinajstić information content (AvgIpc) is 2.54. The Morgan fingerprint density at radius 1 is 1.38 bits per heavy atom. The largest absolute Gasteiger partial charge is 0.490 e. The summed E-state index contributed by atoms with van der Waals surface area (Å²) in [5.74, 6) is 2.65. The van der Waals surface area contributed by atoms with E-state index in [4.69, 9.17) is 4.74 Å². The Bertz CT molecular complexity index is 405. The van der Waals surface area contributed by atoms with Gasteiger partial charge in [-0.05, 0) is 56.8 Å². The summed E-state index contributed by atoms with van der Waals surface area (Å²) in [5, 5.41) is 3.50. The summed E-state index contributed by atoms with van der Waals surface area (Å²) in [6.45, 7) is 9.51. The van der Waals surface area contributed by atoms with Gasteiger partial charge in [-0.2, -0.15) is 0 Å². The van der Waals surface area contributed by atoms with E-state index in [0.717, 1.165) is 50.7 Å². The molecular weight excluding hydrogens is 262 g/mol. The van der Waals surface area contributed by atoms with Gasteiger partial charge in [0.2, 0.25) is 0 Å². The van der Waals surface area contributed by atoms with Crippen LogP contribution in [0.1, 0.15) is 39.5 Å². The molecule has 0 aliphatic carbocycles. The molecule has 0 amide bonds. The van der Waals surface area contributed by atoms with Crippen LogP contribution in [0.3, 0.4) is 0 Å². The van der Waals surface area contributed by atoms with Crippen LogP contribution in [0.15, 0.2) is 18.3 Å². The van der Waals surface area contributed by atoms with Gasteiger partial charge < -0.3 is 15.0 Å². The van der Waals surface area contributed by atoms with E-state index in [1.807, 2.05) is 18.3 Å². The van der Waals surface area contributed by atoms with E-state index in [0.29, 0.717) is 5.92 Å². The average molecular weight is 291 g/mol. The van der Waals surface area contributed by atoms with Crippen LogP contribution in [0, 0.1) is 5.92 Å². The molecule has 0 spiro atoms. The zero-order chi connectivity index (χ0) is 14.9. The van der Waals surface area contributed by atoms with Crippen LogP contribution in [0.5, 0.6) is 5.75 Å². The summed E-state index contributed by atoms with van der Waals surface area (Å²) in [4.78, 5) is 7.00. The van der Waals surface area contributed by atoms with Crippen molar-refractivity contribution in [3.8, 4) is 5.75 Å². The molecule has 1 aromatic rings. The number of hydrogen-bond acceptors (Lipinski definition) is 4. The number of ether oxygens (including phenoxy) is 1. The summed E-state index contributed by atoms with van der Waals surface area (Å²) in [6.07, 6.45) is 6.62. The predicted molar refractivity (Wildman–Crippen MR) is 88.1 cm³/mol. The number of nitrogens with zero attached hydrogens (tertiary/aromatic N) is 2. The molecule has 4 heteroatoms. The van der Waals surface area contributed by atoms with Gasteiger partial charge in [-0.15, -0.1) is 0 Å². The Labute approximate surface area is 128 Å².